The van der Waals surface area contributed by atoms with Crippen LogP contribution < -0.4 is 0 Å². The third kappa shape index (κ3) is 3.10. The van der Waals surface area contributed by atoms with Gasteiger partial charge < -0.3 is 0 Å². The third-order valence-corrected chi connectivity index (χ3v) is 11.4. The van der Waals surface area contributed by atoms with Crippen LogP contribution in [0.15, 0.2) is 144 Å². The summed E-state index contributed by atoms with van der Waals surface area (Å²) in [7, 11) is 0. The molecule has 200 valence electrons. The molecule has 0 saturated heterocycles. The molecule has 43 heavy (non-hydrogen) atoms. The molecule has 1 atom stereocenters. The summed E-state index contributed by atoms with van der Waals surface area (Å²) < 4.78 is 3.77. The summed E-state index contributed by atoms with van der Waals surface area (Å²) in [6.45, 7) is 0. The Labute approximate surface area is 262 Å². The highest BCUT2D eigenvalue weighted by Crippen LogP contribution is 2.63. The van der Waals surface area contributed by atoms with E-state index in [9.17, 15) is 0 Å². The van der Waals surface area contributed by atoms with Crippen molar-refractivity contribution in [2.45, 2.75) is 5.41 Å². The van der Waals surface area contributed by atoms with Crippen LogP contribution in [0.3, 0.4) is 0 Å². The maximum Gasteiger partial charge on any atom is 0.0725 e. The van der Waals surface area contributed by atoms with Gasteiger partial charge >= 0.3 is 0 Å². The number of halogens is 1. The molecule has 1 aromatic heterocycles. The zero-order chi connectivity index (χ0) is 28.3. The number of fused-ring (bicyclic) bond motifs is 14. The van der Waals surface area contributed by atoms with Crippen molar-refractivity contribution in [3.63, 3.8) is 0 Å². The van der Waals surface area contributed by atoms with Crippen molar-refractivity contribution in [3.8, 4) is 33.4 Å². The van der Waals surface area contributed by atoms with Crippen LogP contribution in [0.2, 0.25) is 0 Å². The standard InChI is InChI=1S/C41H23BrS/c42-28-15-18-40-34(23-28)33-20-26(14-17-39(33)43-40)27-13-16-31-29-9-3-5-11-35(29)41(37(31)22-27)36-12-6-4-10-30(36)32-19-24-7-1-2-8-25(24)21-38(32)41/h1-23H. The first-order valence-corrected chi connectivity index (χ1v) is 16.3. The number of hydrogen-bond acceptors (Lipinski definition) is 1. The van der Waals surface area contributed by atoms with Gasteiger partial charge in [0.05, 0.1) is 5.41 Å². The molecule has 0 nitrogen and oxygen atoms in total. The molecule has 2 heteroatoms. The summed E-state index contributed by atoms with van der Waals surface area (Å²) >= 11 is 5.56. The second kappa shape index (κ2) is 8.54. The predicted molar refractivity (Wildman–Crippen MR) is 186 cm³/mol. The first-order chi connectivity index (χ1) is 21.2. The molecule has 0 bridgehead atoms. The Morgan fingerprint density at radius 2 is 0.977 bits per heavy atom. The average Bonchev–Trinajstić information content (AvgIpc) is 3.66. The molecule has 2 aliphatic rings. The van der Waals surface area contributed by atoms with Gasteiger partial charge in [-0.1, -0.05) is 107 Å². The van der Waals surface area contributed by atoms with Crippen molar-refractivity contribution in [1.29, 1.82) is 0 Å². The molecular formula is C41H23BrS. The van der Waals surface area contributed by atoms with Gasteiger partial charge in [0, 0.05) is 24.6 Å². The van der Waals surface area contributed by atoms with E-state index in [4.69, 9.17) is 0 Å². The molecule has 0 aliphatic heterocycles. The SMILES string of the molecule is Brc1ccc2sc3ccc(-c4ccc5c(c4)C4(c6ccccc6-5)c5ccccc5-c5cc6ccccc6cc54)cc3c2c1. The van der Waals surface area contributed by atoms with Gasteiger partial charge in [0.15, 0.2) is 0 Å². The van der Waals surface area contributed by atoms with E-state index in [0.29, 0.717) is 0 Å². The fraction of sp³-hybridized carbons (Fsp3) is 0.0244. The van der Waals surface area contributed by atoms with Crippen molar-refractivity contribution in [1.82, 2.24) is 0 Å². The summed E-state index contributed by atoms with van der Waals surface area (Å²) in [5.74, 6) is 0. The smallest absolute Gasteiger partial charge is 0.0725 e. The summed E-state index contributed by atoms with van der Waals surface area (Å²) in [6.07, 6.45) is 0. The van der Waals surface area contributed by atoms with Gasteiger partial charge in [-0.25, -0.2) is 0 Å². The Balaban J connectivity index is 1.29. The largest absolute Gasteiger partial charge is 0.135 e. The zero-order valence-electron chi connectivity index (χ0n) is 23.1. The van der Waals surface area contributed by atoms with E-state index in [-0.39, 0.29) is 5.41 Å². The highest BCUT2D eigenvalue weighted by molar-refractivity contribution is 9.10. The Bertz CT molecular complexity index is 2480. The highest BCUT2D eigenvalue weighted by atomic mass is 79.9. The molecule has 0 radical (unpaired) electrons. The van der Waals surface area contributed by atoms with Gasteiger partial charge in [0.2, 0.25) is 0 Å². The normalized spacial score (nSPS) is 16.1. The topological polar surface area (TPSA) is 0 Å². The molecular weight excluding hydrogens is 604 g/mol. The van der Waals surface area contributed by atoms with Gasteiger partial charge in [-0.3, -0.25) is 0 Å². The minimum absolute atomic E-state index is 0.359. The van der Waals surface area contributed by atoms with Gasteiger partial charge in [-0.05, 0) is 115 Å². The second-order valence-corrected chi connectivity index (χ2v) is 13.8. The third-order valence-electron chi connectivity index (χ3n) is 9.72. The van der Waals surface area contributed by atoms with Gasteiger partial charge in [0.25, 0.3) is 0 Å². The lowest BCUT2D eigenvalue weighted by atomic mass is 9.70. The monoisotopic (exact) mass is 626 g/mol. The van der Waals surface area contributed by atoms with E-state index in [1.54, 1.807) is 0 Å². The molecule has 10 rings (SSSR count). The van der Waals surface area contributed by atoms with E-state index in [2.05, 4.69) is 155 Å². The second-order valence-electron chi connectivity index (χ2n) is 11.8. The Morgan fingerprint density at radius 1 is 0.419 bits per heavy atom. The van der Waals surface area contributed by atoms with E-state index >= 15 is 0 Å². The molecule has 7 aromatic carbocycles. The van der Waals surface area contributed by atoms with Crippen LogP contribution in [0.5, 0.6) is 0 Å². The predicted octanol–water partition coefficient (Wildman–Crippen LogP) is 12.0. The Hall–Kier alpha value is -4.50. The maximum atomic E-state index is 3.69. The first kappa shape index (κ1) is 24.0. The van der Waals surface area contributed by atoms with Gasteiger partial charge in [0.1, 0.15) is 0 Å². The Kier molecular flexibility index (Phi) is 4.76. The van der Waals surface area contributed by atoms with Gasteiger partial charge in [-0.2, -0.15) is 0 Å². The van der Waals surface area contributed by atoms with Crippen LogP contribution in [0.4, 0.5) is 0 Å². The fourth-order valence-electron chi connectivity index (χ4n) is 7.93. The van der Waals surface area contributed by atoms with Crippen LogP contribution in [-0.4, -0.2) is 0 Å². The van der Waals surface area contributed by atoms with E-state index in [1.807, 2.05) is 11.3 Å². The summed E-state index contributed by atoms with van der Waals surface area (Å²) in [6, 6.07) is 52.6. The summed E-state index contributed by atoms with van der Waals surface area (Å²) in [5, 5.41) is 5.21. The van der Waals surface area contributed by atoms with Crippen LogP contribution in [0.1, 0.15) is 22.3 Å². The fourth-order valence-corrected chi connectivity index (χ4v) is 9.36. The van der Waals surface area contributed by atoms with Crippen molar-refractivity contribution < 1.29 is 0 Å². The molecule has 8 aromatic rings. The summed E-state index contributed by atoms with van der Waals surface area (Å²) in [5.41, 5.74) is 13.0. The van der Waals surface area contributed by atoms with Gasteiger partial charge in [-0.15, -0.1) is 11.3 Å². The van der Waals surface area contributed by atoms with Crippen molar-refractivity contribution >= 4 is 58.2 Å². The van der Waals surface area contributed by atoms with E-state index in [0.717, 1.165) is 4.47 Å². The average molecular weight is 628 g/mol. The molecule has 1 spiro atoms. The van der Waals surface area contributed by atoms with Crippen molar-refractivity contribution in [2.24, 2.45) is 0 Å². The summed E-state index contributed by atoms with van der Waals surface area (Å²) in [4.78, 5) is 0. The number of benzene rings is 7. The highest BCUT2D eigenvalue weighted by Gasteiger charge is 2.51. The van der Waals surface area contributed by atoms with Crippen LogP contribution >= 0.6 is 27.3 Å². The van der Waals surface area contributed by atoms with Crippen molar-refractivity contribution in [3.05, 3.63) is 166 Å². The Morgan fingerprint density at radius 3 is 1.77 bits per heavy atom. The van der Waals surface area contributed by atoms with E-state index < -0.39 is 0 Å². The quantitative estimate of drug-likeness (QED) is 0.170. The lowest BCUT2D eigenvalue weighted by Crippen LogP contribution is -2.25. The lowest BCUT2D eigenvalue weighted by molar-refractivity contribution is 0.795. The van der Waals surface area contributed by atoms with Crippen LogP contribution in [0.25, 0.3) is 64.3 Å². The van der Waals surface area contributed by atoms with Crippen molar-refractivity contribution in [2.75, 3.05) is 0 Å². The molecule has 0 N–H and O–H groups in total. The number of hydrogen-bond donors (Lipinski definition) is 0. The minimum Gasteiger partial charge on any atom is -0.135 e. The zero-order valence-corrected chi connectivity index (χ0v) is 25.5. The minimum atomic E-state index is -0.359. The molecule has 0 fully saturated rings. The molecule has 1 unspecified atom stereocenters. The van der Waals surface area contributed by atoms with Crippen LogP contribution in [0, 0.1) is 0 Å². The number of rotatable bonds is 1. The van der Waals surface area contributed by atoms with Crippen LogP contribution in [-0.2, 0) is 5.41 Å². The molecule has 2 aliphatic carbocycles. The maximum absolute atomic E-state index is 3.69. The molecule has 0 saturated carbocycles. The molecule has 1 heterocycles. The number of thiophene rings is 1. The molecule has 0 amide bonds. The first-order valence-electron chi connectivity index (χ1n) is 14.7. The lowest BCUT2D eigenvalue weighted by Gasteiger charge is -2.31. The van der Waals surface area contributed by atoms with E-state index in [1.165, 1.54) is 86.6 Å².